The Morgan fingerprint density at radius 1 is 1.26 bits per heavy atom. The number of ether oxygens (including phenoxy) is 1. The van der Waals surface area contributed by atoms with Gasteiger partial charge < -0.3 is 15.4 Å². The summed E-state index contributed by atoms with van der Waals surface area (Å²) in [7, 11) is 0. The van der Waals surface area contributed by atoms with E-state index in [1.54, 1.807) is 35.5 Å². The zero-order chi connectivity index (χ0) is 16.4. The summed E-state index contributed by atoms with van der Waals surface area (Å²) in [5, 5.41) is 0. The number of hydrogen-bond donors (Lipinski definition) is 1. The molecule has 118 valence electrons. The molecule has 1 aromatic heterocycles. The van der Waals surface area contributed by atoms with Gasteiger partial charge in [-0.3, -0.25) is 9.78 Å². The molecule has 0 unspecified atom stereocenters. The molecule has 0 fully saturated rings. The van der Waals surface area contributed by atoms with E-state index in [0.717, 1.165) is 11.3 Å². The molecule has 5 nitrogen and oxygen atoms in total. The largest absolute Gasteiger partial charge is 0.449 e. The van der Waals surface area contributed by atoms with Crippen molar-refractivity contribution < 1.29 is 9.53 Å². The number of hydrogen-bond acceptors (Lipinski definition) is 4. The van der Waals surface area contributed by atoms with Crippen LogP contribution in [0.25, 0.3) is 6.08 Å². The predicted octanol–water partition coefficient (Wildman–Crippen LogP) is 3.09. The van der Waals surface area contributed by atoms with E-state index < -0.39 is 0 Å². The minimum absolute atomic E-state index is 0.146. The molecule has 1 amide bonds. The fourth-order valence-corrected chi connectivity index (χ4v) is 2.49. The van der Waals surface area contributed by atoms with Crippen molar-refractivity contribution in [2.75, 3.05) is 17.2 Å². The van der Waals surface area contributed by atoms with Gasteiger partial charge in [0.05, 0.1) is 5.69 Å². The Kier molecular flexibility index (Phi) is 4.02. The number of pyridine rings is 1. The van der Waals surface area contributed by atoms with Crippen LogP contribution >= 0.6 is 0 Å². The van der Waals surface area contributed by atoms with Crippen LogP contribution < -0.4 is 15.4 Å². The van der Waals surface area contributed by atoms with Gasteiger partial charge in [-0.1, -0.05) is 13.8 Å². The zero-order valence-electron chi connectivity index (χ0n) is 13.2. The second-order valence-electron chi connectivity index (χ2n) is 5.93. The third-order valence-corrected chi connectivity index (χ3v) is 3.50. The van der Waals surface area contributed by atoms with E-state index in [2.05, 4.69) is 18.8 Å². The Balaban J connectivity index is 2.04. The molecule has 3 rings (SSSR count). The molecular formula is C18H19N3O2. The monoisotopic (exact) mass is 309 g/mol. The predicted molar refractivity (Wildman–Crippen MR) is 90.9 cm³/mol. The highest BCUT2D eigenvalue weighted by molar-refractivity contribution is 6.10. The number of carbonyl (C=O) groups excluding carboxylic acids is 1. The first-order chi connectivity index (χ1) is 11.0. The van der Waals surface area contributed by atoms with Crippen molar-refractivity contribution in [2.24, 2.45) is 5.92 Å². The molecule has 2 heterocycles. The number of benzene rings is 1. The molecule has 2 aromatic rings. The summed E-state index contributed by atoms with van der Waals surface area (Å²) < 4.78 is 5.81. The van der Waals surface area contributed by atoms with Crippen LogP contribution in [0.1, 0.15) is 19.4 Å². The normalized spacial score (nSPS) is 15.7. The van der Waals surface area contributed by atoms with Crippen LogP contribution in [0.4, 0.5) is 11.4 Å². The van der Waals surface area contributed by atoms with Crippen molar-refractivity contribution >= 4 is 23.4 Å². The van der Waals surface area contributed by atoms with Gasteiger partial charge in [-0.05, 0) is 41.8 Å². The number of anilines is 2. The molecule has 1 aliphatic rings. The van der Waals surface area contributed by atoms with Gasteiger partial charge >= 0.3 is 0 Å². The molecule has 23 heavy (non-hydrogen) atoms. The maximum atomic E-state index is 12.8. The van der Waals surface area contributed by atoms with Crippen molar-refractivity contribution in [1.29, 1.82) is 0 Å². The number of aromatic nitrogens is 1. The maximum Gasteiger partial charge on any atom is 0.294 e. The van der Waals surface area contributed by atoms with Crippen molar-refractivity contribution in [3.8, 4) is 5.75 Å². The lowest BCUT2D eigenvalue weighted by Crippen LogP contribution is -2.39. The molecule has 1 aromatic carbocycles. The molecule has 0 aliphatic carbocycles. The van der Waals surface area contributed by atoms with Gasteiger partial charge in [-0.15, -0.1) is 0 Å². The quantitative estimate of drug-likeness (QED) is 0.699. The van der Waals surface area contributed by atoms with Gasteiger partial charge in [-0.25, -0.2) is 0 Å². The van der Waals surface area contributed by atoms with Gasteiger partial charge in [0.25, 0.3) is 5.91 Å². The Hall–Kier alpha value is -2.82. The smallest absolute Gasteiger partial charge is 0.294 e. The maximum absolute atomic E-state index is 12.8. The zero-order valence-corrected chi connectivity index (χ0v) is 13.2. The number of nitrogens with two attached hydrogens (primary N) is 1. The summed E-state index contributed by atoms with van der Waals surface area (Å²) in [5.74, 6) is 1.08. The van der Waals surface area contributed by atoms with Crippen molar-refractivity contribution in [2.45, 2.75) is 13.8 Å². The van der Waals surface area contributed by atoms with E-state index in [1.165, 1.54) is 0 Å². The summed E-state index contributed by atoms with van der Waals surface area (Å²) >= 11 is 0. The lowest BCUT2D eigenvalue weighted by Gasteiger charge is -2.31. The Morgan fingerprint density at radius 2 is 2.00 bits per heavy atom. The number of fused-ring (bicyclic) bond motifs is 1. The molecule has 5 heteroatoms. The van der Waals surface area contributed by atoms with Crippen molar-refractivity contribution in [3.63, 3.8) is 0 Å². The summed E-state index contributed by atoms with van der Waals surface area (Å²) in [5.41, 5.74) is 8.07. The lowest BCUT2D eigenvalue weighted by atomic mass is 10.1. The van der Waals surface area contributed by atoms with Crippen LogP contribution in [0.5, 0.6) is 5.75 Å². The molecule has 2 N–H and O–H groups in total. The average Bonchev–Trinajstić information content (AvgIpc) is 2.52. The van der Waals surface area contributed by atoms with Crippen LogP contribution in [0, 0.1) is 5.92 Å². The van der Waals surface area contributed by atoms with Crippen molar-refractivity contribution in [3.05, 3.63) is 54.0 Å². The standard InChI is InChI=1S/C18H19N3O2/c1-12(2)11-21-15-4-3-14(19)10-16(15)23-17(18(21)22)9-13-5-7-20-8-6-13/h3-10,12H,11,19H2,1-2H3/b17-9+. The Morgan fingerprint density at radius 3 is 2.70 bits per heavy atom. The first-order valence-electron chi connectivity index (χ1n) is 7.55. The van der Waals surface area contributed by atoms with E-state index in [1.807, 2.05) is 18.2 Å². The number of amides is 1. The summed E-state index contributed by atoms with van der Waals surface area (Å²) in [6.07, 6.45) is 5.08. The summed E-state index contributed by atoms with van der Waals surface area (Å²) in [4.78, 5) is 18.5. The van der Waals surface area contributed by atoms with E-state index in [4.69, 9.17) is 10.5 Å². The molecule has 1 aliphatic heterocycles. The van der Waals surface area contributed by atoms with Gasteiger partial charge in [-0.2, -0.15) is 0 Å². The Labute approximate surface area is 135 Å². The summed E-state index contributed by atoms with van der Waals surface area (Å²) in [6.45, 7) is 4.77. The molecule has 0 saturated heterocycles. The fourth-order valence-electron chi connectivity index (χ4n) is 2.49. The minimum Gasteiger partial charge on any atom is -0.449 e. The fraction of sp³-hybridized carbons (Fsp3) is 0.222. The van der Waals surface area contributed by atoms with Crippen molar-refractivity contribution in [1.82, 2.24) is 4.98 Å². The van der Waals surface area contributed by atoms with Crippen LogP contribution in [0.2, 0.25) is 0 Å². The average molecular weight is 309 g/mol. The van der Waals surface area contributed by atoms with E-state index in [9.17, 15) is 4.79 Å². The van der Waals surface area contributed by atoms with Gasteiger partial charge in [0.1, 0.15) is 0 Å². The number of rotatable bonds is 3. The lowest BCUT2D eigenvalue weighted by molar-refractivity contribution is -0.117. The van der Waals surface area contributed by atoms with Crippen LogP contribution in [0.3, 0.4) is 0 Å². The third-order valence-electron chi connectivity index (χ3n) is 3.50. The topological polar surface area (TPSA) is 68.5 Å². The SMILES string of the molecule is CC(C)CN1C(=O)/C(=C\c2ccncc2)Oc2cc(N)ccc21. The first-order valence-corrected chi connectivity index (χ1v) is 7.55. The molecule has 0 spiro atoms. The highest BCUT2D eigenvalue weighted by atomic mass is 16.5. The van der Waals surface area contributed by atoms with Gasteiger partial charge in [0, 0.05) is 30.7 Å². The second kappa shape index (κ2) is 6.12. The third kappa shape index (κ3) is 3.18. The van der Waals surface area contributed by atoms with Gasteiger partial charge in [0.15, 0.2) is 11.5 Å². The van der Waals surface area contributed by atoms with Crippen LogP contribution in [-0.2, 0) is 4.79 Å². The second-order valence-corrected chi connectivity index (χ2v) is 5.93. The highest BCUT2D eigenvalue weighted by Crippen LogP contribution is 2.37. The van der Waals surface area contributed by atoms with Gasteiger partial charge in [0.2, 0.25) is 0 Å². The van der Waals surface area contributed by atoms with E-state index >= 15 is 0 Å². The first kappa shape index (κ1) is 15.1. The van der Waals surface area contributed by atoms with Crippen LogP contribution in [-0.4, -0.2) is 17.4 Å². The van der Waals surface area contributed by atoms with E-state index in [0.29, 0.717) is 23.9 Å². The number of nitrogen functional groups attached to an aromatic ring is 1. The molecular weight excluding hydrogens is 290 g/mol. The molecule has 0 radical (unpaired) electrons. The number of carbonyl (C=O) groups is 1. The number of nitrogens with zero attached hydrogens (tertiary/aromatic N) is 2. The summed E-state index contributed by atoms with van der Waals surface area (Å²) in [6, 6.07) is 9.00. The highest BCUT2D eigenvalue weighted by Gasteiger charge is 2.30. The molecule has 0 saturated carbocycles. The molecule has 0 bridgehead atoms. The molecule has 0 atom stereocenters. The van der Waals surface area contributed by atoms with E-state index in [-0.39, 0.29) is 11.7 Å². The van der Waals surface area contributed by atoms with Crippen LogP contribution in [0.15, 0.2) is 48.5 Å². The Bertz CT molecular complexity index is 754. The minimum atomic E-state index is -0.146.